The van der Waals surface area contributed by atoms with Crippen molar-refractivity contribution >= 4 is 159 Å². The van der Waals surface area contributed by atoms with Crippen LogP contribution in [0.4, 0.5) is 34.1 Å². The van der Waals surface area contributed by atoms with Crippen LogP contribution in [-0.4, -0.2) is 125 Å². The van der Waals surface area contributed by atoms with E-state index in [1.54, 1.807) is 20.8 Å². The Labute approximate surface area is 655 Å². The topological polar surface area (TPSA) is 501 Å². The van der Waals surface area contributed by atoms with Crippen LogP contribution in [0.1, 0.15) is 116 Å². The Morgan fingerprint density at radius 3 is 0.848 bits per heavy atom. The number of fused-ring (bicyclic) bond motifs is 4. The van der Waals surface area contributed by atoms with Gasteiger partial charge in [0.05, 0.1) is 0 Å². The Balaban J connectivity index is 0.000000261. The second kappa shape index (κ2) is 36.3. The fourth-order valence-electron chi connectivity index (χ4n) is 11.5. The van der Waals surface area contributed by atoms with Crippen molar-refractivity contribution in [3.63, 3.8) is 0 Å². The molecule has 12 N–H and O–H groups in total. The van der Waals surface area contributed by atoms with Crippen LogP contribution in [0, 0.1) is 27.7 Å². The van der Waals surface area contributed by atoms with Gasteiger partial charge in [-0.05, 0) is 252 Å². The molecule has 30 nitrogen and oxygen atoms in total. The molecular formula is C74H90N6O24S8. The molecule has 0 aliphatic carbocycles. The van der Waals surface area contributed by atoms with Gasteiger partial charge in [0.15, 0.2) is 0 Å². The van der Waals surface area contributed by atoms with Crippen molar-refractivity contribution in [2.24, 2.45) is 0 Å². The summed E-state index contributed by atoms with van der Waals surface area (Å²) in [4.78, 5) is -1.86. The fraction of sp³-hybridized carbons (Fsp3) is 0.297. The molecular weight excluding hydrogens is 1610 g/mol. The molecule has 10 aromatic rings. The van der Waals surface area contributed by atoms with E-state index in [1.165, 1.54) is 60.7 Å². The predicted molar refractivity (Wildman–Crippen MR) is 434 cm³/mol. The highest BCUT2D eigenvalue weighted by molar-refractivity contribution is 7.87. The Hall–Kier alpha value is -9.26. The molecule has 10 rings (SSSR count). The number of hydrogen-bond acceptors (Lipinski definition) is 24. The first-order chi connectivity index (χ1) is 50.9. The molecule has 0 spiro atoms. The van der Waals surface area contributed by atoms with Crippen molar-refractivity contribution in [2.75, 3.05) is 31.9 Å². The SMILES string of the molecule is Cc1cc(S(=O)(=O)O)c2c(NC(C)(C)C)ccc(S(=O)(=O)O)c2c1.Cc1cc(S(=O)(=O)O)c2c(NC(C)(C)C)cccc2c1.Cc1cc(S(=O)(=O)O)c2c(NCc3cccc(NC(C)(C)C)c3)ccc(S(=O)(=O)O)c2c1.Cc1cc(S(=O)(=O)O)c2c(NCc3cccc(NC(C)(C)C)c3)cccc2c1.O=S(=O)=O.O=S(=O)=O. The van der Waals surface area contributed by atoms with Crippen molar-refractivity contribution in [1.82, 2.24) is 0 Å². The van der Waals surface area contributed by atoms with Crippen LogP contribution in [0.15, 0.2) is 187 Å². The van der Waals surface area contributed by atoms with Gasteiger partial charge in [-0.3, -0.25) is 27.3 Å². The molecule has 0 bridgehead atoms. The van der Waals surface area contributed by atoms with Crippen LogP contribution in [0.2, 0.25) is 0 Å². The van der Waals surface area contributed by atoms with Gasteiger partial charge in [0, 0.05) is 102 Å². The van der Waals surface area contributed by atoms with Crippen LogP contribution < -0.4 is 31.9 Å². The van der Waals surface area contributed by atoms with Crippen molar-refractivity contribution in [2.45, 2.75) is 175 Å². The number of rotatable bonds is 16. The highest BCUT2D eigenvalue weighted by Gasteiger charge is 2.28. The van der Waals surface area contributed by atoms with Crippen LogP contribution in [0.25, 0.3) is 43.1 Å². The number of nitrogens with one attached hydrogen (secondary N) is 6. The van der Waals surface area contributed by atoms with Crippen molar-refractivity contribution < 1.29 is 103 Å². The first-order valence-corrected chi connectivity index (χ1v) is 43.9. The van der Waals surface area contributed by atoms with Gasteiger partial charge in [-0.2, -0.15) is 50.5 Å². The molecule has 0 heterocycles. The molecule has 0 aliphatic heterocycles. The third-order valence-corrected chi connectivity index (χ3v) is 20.4. The summed E-state index contributed by atoms with van der Waals surface area (Å²) in [6.07, 6.45) is 0. The summed E-state index contributed by atoms with van der Waals surface area (Å²) in [6, 6.07) is 44.1. The molecule has 0 saturated carbocycles. The monoisotopic (exact) mass is 1700 g/mol. The lowest BCUT2D eigenvalue weighted by atomic mass is 10.0. The summed E-state index contributed by atoms with van der Waals surface area (Å²) >= 11 is 0. The highest BCUT2D eigenvalue weighted by Crippen LogP contribution is 2.40. The second-order valence-electron chi connectivity index (χ2n) is 29.8. The molecule has 0 fully saturated rings. The molecule has 0 amide bonds. The van der Waals surface area contributed by atoms with E-state index in [0.29, 0.717) is 57.7 Å². The van der Waals surface area contributed by atoms with E-state index >= 15 is 0 Å². The molecule has 0 saturated heterocycles. The Kier molecular flexibility index (Phi) is 30.2. The highest BCUT2D eigenvalue weighted by atomic mass is 32.2. The van der Waals surface area contributed by atoms with Gasteiger partial charge in [0.25, 0.3) is 60.7 Å². The minimum Gasteiger partial charge on any atom is -0.380 e. The zero-order valence-corrected chi connectivity index (χ0v) is 70.3. The van der Waals surface area contributed by atoms with Crippen LogP contribution in [0.5, 0.6) is 0 Å². The smallest absolute Gasteiger partial charge is 0.380 e. The summed E-state index contributed by atoms with van der Waals surface area (Å²) < 4.78 is 250. The van der Waals surface area contributed by atoms with Gasteiger partial charge in [-0.1, -0.05) is 60.7 Å². The van der Waals surface area contributed by atoms with Crippen molar-refractivity contribution in [3.8, 4) is 0 Å². The summed E-state index contributed by atoms with van der Waals surface area (Å²) in [7, 11) is -33.3. The Morgan fingerprint density at radius 1 is 0.286 bits per heavy atom. The lowest BCUT2D eigenvalue weighted by molar-refractivity contribution is 0.481. The van der Waals surface area contributed by atoms with E-state index in [1.807, 2.05) is 160 Å². The number of benzene rings is 10. The third-order valence-electron chi connectivity index (χ3n) is 15.1. The molecule has 0 atom stereocenters. The second-order valence-corrected chi connectivity index (χ2v) is 39.0. The van der Waals surface area contributed by atoms with Gasteiger partial charge >= 0.3 is 21.2 Å². The number of anilines is 6. The molecule has 608 valence electrons. The van der Waals surface area contributed by atoms with E-state index in [2.05, 4.69) is 58.7 Å². The first kappa shape index (κ1) is 93.3. The van der Waals surface area contributed by atoms with Crippen molar-refractivity contribution in [1.29, 1.82) is 0 Å². The molecule has 0 unspecified atom stereocenters. The maximum Gasteiger partial charge on any atom is 0.425 e. The van der Waals surface area contributed by atoms with Gasteiger partial charge in [-0.25, -0.2) is 0 Å². The zero-order chi connectivity index (χ0) is 85.2. The lowest BCUT2D eigenvalue weighted by Crippen LogP contribution is -2.26. The number of hydrogen-bond donors (Lipinski definition) is 12. The number of aryl methyl sites for hydroxylation is 4. The zero-order valence-electron chi connectivity index (χ0n) is 63.7. The summed E-state index contributed by atoms with van der Waals surface area (Å²) in [5.74, 6) is 0. The van der Waals surface area contributed by atoms with Crippen LogP contribution >= 0.6 is 0 Å². The van der Waals surface area contributed by atoms with E-state index in [9.17, 15) is 77.8 Å². The van der Waals surface area contributed by atoms with E-state index in [-0.39, 0.29) is 48.0 Å². The predicted octanol–water partition coefficient (Wildman–Crippen LogP) is 14.1. The van der Waals surface area contributed by atoms with Crippen LogP contribution in [0.3, 0.4) is 0 Å². The largest absolute Gasteiger partial charge is 0.425 e. The van der Waals surface area contributed by atoms with E-state index < -0.39 is 107 Å². The van der Waals surface area contributed by atoms with E-state index in [0.717, 1.165) is 44.4 Å². The standard InChI is InChI=1S/C22H26N2O6S2.C22H26N2O3S.C15H19NO6S2.C15H19NO3S.2O3S/c1-14-10-17-19(31(25,26)27)9-8-18(21(17)20(11-14)32(28,29)30)23-13-15-6-5-7-16(12-15)24-22(2,3)4;1-15-11-17-8-6-10-19(21(17)20(12-15)28(25,26)27)23-14-16-7-5-9-18(13-16)24-22(2,3)4;1-9-7-10-12(23(17,18)19)6-5-11(16-15(2,3)4)14(10)13(8-9)24(20,21)22;1-10-8-11-6-5-7-12(16-15(2,3)4)14(11)13(9-10)20(17,18)19;2*1-4(2)3/h5-12,23-24H,13H2,1-4H3,(H,25,26,27)(H,28,29,30);5-13,23-24H,14H2,1-4H3,(H,25,26,27);5-8,16H,1-4H3,(H,17,18,19)(H,20,21,22);5-9,16H,1-4H3,(H,17,18,19);;. The molecule has 0 aromatic heterocycles. The average Bonchev–Trinajstić information content (AvgIpc) is 0.751. The Bertz CT molecular complexity index is 6170. The summed E-state index contributed by atoms with van der Waals surface area (Å²) in [6.45, 7) is 31.5. The third kappa shape index (κ3) is 28.7. The van der Waals surface area contributed by atoms with Crippen LogP contribution in [-0.2, 0) is 95.0 Å². The van der Waals surface area contributed by atoms with Gasteiger partial charge in [0.2, 0.25) is 0 Å². The molecule has 0 radical (unpaired) electrons. The first-order valence-electron chi connectivity index (χ1n) is 33.3. The quantitative estimate of drug-likeness (QED) is 0.0400. The minimum atomic E-state index is -4.67. The fourth-order valence-corrected chi connectivity index (χ4v) is 16.2. The minimum absolute atomic E-state index is 0.00623. The van der Waals surface area contributed by atoms with Crippen molar-refractivity contribution in [3.05, 3.63) is 191 Å². The summed E-state index contributed by atoms with van der Waals surface area (Å²) in [5, 5.41) is 22.2. The lowest BCUT2D eigenvalue weighted by Gasteiger charge is -2.24. The van der Waals surface area contributed by atoms with E-state index in [4.69, 9.17) is 25.3 Å². The van der Waals surface area contributed by atoms with Gasteiger partial charge in [0.1, 0.15) is 29.4 Å². The Morgan fingerprint density at radius 2 is 0.536 bits per heavy atom. The maximum atomic E-state index is 12.1. The van der Waals surface area contributed by atoms with Gasteiger partial charge < -0.3 is 31.9 Å². The molecule has 10 aromatic carbocycles. The molecule has 0 aliphatic rings. The maximum absolute atomic E-state index is 12.1. The molecule has 38 heteroatoms. The summed E-state index contributed by atoms with van der Waals surface area (Å²) in [5.41, 5.74) is 7.46. The van der Waals surface area contributed by atoms with Gasteiger partial charge in [-0.15, -0.1) is 25.3 Å². The molecule has 112 heavy (non-hydrogen) atoms. The average molecular weight is 1700 g/mol. The normalized spacial score (nSPS) is 12.2.